The van der Waals surface area contributed by atoms with Gasteiger partial charge in [0.05, 0.1) is 0 Å². The first-order chi connectivity index (χ1) is 10.8. The third-order valence-corrected chi connectivity index (χ3v) is 6.24. The molecule has 2 aromatic heterocycles. The van der Waals surface area contributed by atoms with Crippen LogP contribution in [0.1, 0.15) is 0 Å². The van der Waals surface area contributed by atoms with Gasteiger partial charge in [0.1, 0.15) is 0 Å². The number of phosphoric acid groups is 3. The van der Waals surface area contributed by atoms with E-state index in [1.807, 2.05) is 0 Å². The Labute approximate surface area is 140 Å². The normalized spacial score (nSPS) is 17.3. The van der Waals surface area contributed by atoms with Crippen molar-refractivity contribution in [3.05, 3.63) is 6.33 Å². The van der Waals surface area contributed by atoms with Crippen LogP contribution in [-0.2, 0) is 22.3 Å². The summed E-state index contributed by atoms with van der Waals surface area (Å²) in [6.07, 6.45) is 0.982. The number of nitrogens with zero attached hydrogens (tertiary/aromatic N) is 4. The van der Waals surface area contributed by atoms with Gasteiger partial charge in [-0.25, -0.2) is 0 Å². The zero-order valence-electron chi connectivity index (χ0n) is 10.9. The molecule has 2 rings (SSSR count). The summed E-state index contributed by atoms with van der Waals surface area (Å²) in [7, 11) is -16.5. The second-order valence-electron chi connectivity index (χ2n) is 3.79. The zero-order valence-corrected chi connectivity index (χ0v) is 15.3. The Morgan fingerprint density at radius 1 is 1.08 bits per heavy atom. The standard InChI is InChI=1S/C5H7N5O10P3Se/c6-3-2-4(8-1-7-3)10(5(24)9-2)18-22(14,15)20-23(16,17)19-21(11,12)13/h1H,(H,14,15)(H,16,17)(H2,6,7,8)(H2,11,12,13). The topological polar surface area (TPSA) is 229 Å². The summed E-state index contributed by atoms with van der Waals surface area (Å²) in [6.45, 7) is 0. The number of aromatic nitrogens is 4. The van der Waals surface area contributed by atoms with Gasteiger partial charge >= 0.3 is 139 Å². The fourth-order valence-electron chi connectivity index (χ4n) is 1.34. The van der Waals surface area contributed by atoms with E-state index < -0.39 is 23.5 Å². The van der Waals surface area contributed by atoms with Crippen LogP contribution in [0.5, 0.6) is 0 Å². The first kappa shape index (κ1) is 19.4. The molecule has 0 aliphatic carbocycles. The molecule has 0 bridgehead atoms. The summed E-state index contributed by atoms with van der Waals surface area (Å²) in [5, 5.41) is 0. The Bertz CT molecular complexity index is 925. The number of hydrogen-bond donors (Lipinski definition) is 5. The molecule has 0 aliphatic rings. The molecule has 0 fully saturated rings. The molecule has 0 spiro atoms. The van der Waals surface area contributed by atoms with Crippen LogP contribution >= 0.6 is 23.5 Å². The first-order valence-electron chi connectivity index (χ1n) is 5.29. The van der Waals surface area contributed by atoms with E-state index >= 15 is 0 Å². The molecule has 0 saturated carbocycles. The summed E-state index contributed by atoms with van der Waals surface area (Å²) in [5.41, 5.74) is 5.30. The second-order valence-corrected chi connectivity index (χ2v) is 8.88. The van der Waals surface area contributed by atoms with Gasteiger partial charge in [-0.15, -0.1) is 0 Å². The molecular formula is C5H7N5O10P3Se. The molecule has 1 radical (unpaired) electrons. The number of nitrogens with two attached hydrogens (primary N) is 1. The minimum atomic E-state index is -5.64. The summed E-state index contributed by atoms with van der Waals surface area (Å²) >= 11 is 2.34. The molecule has 2 aromatic rings. The van der Waals surface area contributed by atoms with E-state index in [1.54, 1.807) is 0 Å². The van der Waals surface area contributed by atoms with Gasteiger partial charge in [-0.2, -0.15) is 0 Å². The molecule has 24 heavy (non-hydrogen) atoms. The van der Waals surface area contributed by atoms with Gasteiger partial charge in [-0.3, -0.25) is 0 Å². The molecule has 2 unspecified atom stereocenters. The maximum absolute atomic E-state index is 11.8. The fourth-order valence-corrected chi connectivity index (χ4v) is 4.90. The van der Waals surface area contributed by atoms with Crippen molar-refractivity contribution in [3.8, 4) is 0 Å². The fraction of sp³-hybridized carbons (Fsp3) is 0. The van der Waals surface area contributed by atoms with Crippen LogP contribution in [0.15, 0.2) is 6.33 Å². The molecule has 6 N–H and O–H groups in total. The molecule has 0 aromatic carbocycles. The average molecular weight is 469 g/mol. The first-order valence-corrected chi connectivity index (χ1v) is 10.7. The Morgan fingerprint density at radius 3 is 2.29 bits per heavy atom. The predicted molar refractivity (Wildman–Crippen MR) is 75.6 cm³/mol. The molecule has 19 heteroatoms. The van der Waals surface area contributed by atoms with Crippen LogP contribution < -0.4 is 15.1 Å². The molecule has 2 atom stereocenters. The summed E-state index contributed by atoms with van der Waals surface area (Å²) in [6, 6.07) is 0. The van der Waals surface area contributed by atoms with Crippen LogP contribution in [0.25, 0.3) is 11.2 Å². The van der Waals surface area contributed by atoms with Crippen molar-refractivity contribution >= 4 is 61.2 Å². The van der Waals surface area contributed by atoms with Crippen molar-refractivity contribution in [2.75, 3.05) is 5.73 Å². The molecule has 133 valence electrons. The number of imidazole rings is 1. The number of fused-ring (bicyclic) bond motifs is 1. The van der Waals surface area contributed by atoms with Crippen molar-refractivity contribution in [1.29, 1.82) is 0 Å². The zero-order chi connectivity index (χ0) is 18.3. The molecule has 0 saturated heterocycles. The van der Waals surface area contributed by atoms with Gasteiger partial charge in [-0.05, 0) is 0 Å². The molecule has 0 amide bonds. The Morgan fingerprint density at radius 2 is 1.71 bits per heavy atom. The van der Waals surface area contributed by atoms with Gasteiger partial charge < -0.3 is 0 Å². The number of hydrogen-bond acceptors (Lipinski definition) is 10. The van der Waals surface area contributed by atoms with Crippen molar-refractivity contribution in [1.82, 2.24) is 19.7 Å². The third kappa shape index (κ3) is 4.82. The quantitative estimate of drug-likeness (QED) is 0.227. The Kier molecular flexibility index (Phi) is 5.22. The summed E-state index contributed by atoms with van der Waals surface area (Å²) in [4.78, 5) is 46.6. The summed E-state index contributed by atoms with van der Waals surface area (Å²) < 4.78 is 45.5. The van der Waals surface area contributed by atoms with Crippen LogP contribution in [0, 0.1) is 0 Å². The van der Waals surface area contributed by atoms with E-state index in [0.717, 1.165) is 6.33 Å². The molecule has 15 nitrogen and oxygen atoms in total. The van der Waals surface area contributed by atoms with E-state index in [1.165, 1.54) is 0 Å². The van der Waals surface area contributed by atoms with Gasteiger partial charge in [0.25, 0.3) is 0 Å². The number of nitrogen functional groups attached to an aromatic ring is 1. The average Bonchev–Trinajstić information content (AvgIpc) is 2.63. The van der Waals surface area contributed by atoms with Crippen LogP contribution in [-0.4, -0.2) is 55.3 Å². The van der Waals surface area contributed by atoms with E-state index in [0.29, 0.717) is 4.73 Å². The van der Waals surface area contributed by atoms with Crippen molar-refractivity contribution in [2.24, 2.45) is 0 Å². The Balaban J connectivity index is 2.32. The maximum atomic E-state index is 11.8. The number of anilines is 1. The van der Waals surface area contributed by atoms with E-state index in [4.69, 9.17) is 20.4 Å². The molecule has 0 aliphatic heterocycles. The van der Waals surface area contributed by atoms with Crippen molar-refractivity contribution in [3.63, 3.8) is 0 Å². The number of rotatable bonds is 6. The summed E-state index contributed by atoms with van der Waals surface area (Å²) in [5.74, 6) is -0.0924. The van der Waals surface area contributed by atoms with Gasteiger partial charge in [-0.1, -0.05) is 0 Å². The van der Waals surface area contributed by atoms with Crippen molar-refractivity contribution in [2.45, 2.75) is 0 Å². The van der Waals surface area contributed by atoms with E-state index in [-0.39, 0.29) is 21.7 Å². The van der Waals surface area contributed by atoms with Gasteiger partial charge in [0.15, 0.2) is 0 Å². The van der Waals surface area contributed by atoms with Gasteiger partial charge in [0, 0.05) is 0 Å². The SMILES string of the molecule is Nc1ncnc2c1nc([Se])n2OP(=O)(O)OP(=O)(O)OP(=O)(O)O. The predicted octanol–water partition coefficient (Wildman–Crippen LogP) is -2.04. The Hall–Kier alpha value is -0.881. The monoisotopic (exact) mass is 470 g/mol. The minimum absolute atomic E-state index is 0.0232. The molecular weight excluding hydrogens is 462 g/mol. The molecule has 2 heterocycles. The van der Waals surface area contributed by atoms with E-state index in [2.05, 4.69) is 44.2 Å². The third-order valence-electron chi connectivity index (χ3n) is 2.01. The van der Waals surface area contributed by atoms with Crippen LogP contribution in [0.3, 0.4) is 0 Å². The van der Waals surface area contributed by atoms with Gasteiger partial charge in [0.2, 0.25) is 0 Å². The second kappa shape index (κ2) is 6.45. The van der Waals surface area contributed by atoms with Crippen LogP contribution in [0.4, 0.5) is 5.82 Å². The van der Waals surface area contributed by atoms with Crippen molar-refractivity contribution < 1.29 is 46.5 Å². The van der Waals surface area contributed by atoms with Crippen LogP contribution in [0.2, 0.25) is 0 Å². The van der Waals surface area contributed by atoms with E-state index in [9.17, 15) is 18.6 Å².